The van der Waals surface area contributed by atoms with Crippen LogP contribution in [0.15, 0.2) is 12.2 Å². The summed E-state index contributed by atoms with van der Waals surface area (Å²) in [5.41, 5.74) is 0. The number of hydrogen-bond acceptors (Lipinski definition) is 2. The third-order valence-electron chi connectivity index (χ3n) is 4.13. The molecule has 1 N–H and O–H groups in total. The van der Waals surface area contributed by atoms with Crippen molar-refractivity contribution in [3.05, 3.63) is 12.2 Å². The fourth-order valence-electron chi connectivity index (χ4n) is 2.94. The standard InChI is InChI=1S/C15H26O2/c16-12-13-8-10-15(11-9-13)17-14-6-4-2-1-3-5-7-14/h4,6,13-16H,1-3,5,7-12H2/b6-4+. The molecule has 17 heavy (non-hydrogen) atoms. The molecule has 2 nitrogen and oxygen atoms in total. The van der Waals surface area contributed by atoms with E-state index < -0.39 is 0 Å². The largest absolute Gasteiger partial charge is 0.396 e. The van der Waals surface area contributed by atoms with Crippen molar-refractivity contribution < 1.29 is 9.84 Å². The Morgan fingerprint density at radius 3 is 2.59 bits per heavy atom. The third-order valence-corrected chi connectivity index (χ3v) is 4.13. The Morgan fingerprint density at radius 1 is 1.00 bits per heavy atom. The van der Waals surface area contributed by atoms with E-state index in [0.717, 1.165) is 25.7 Å². The average molecular weight is 238 g/mol. The summed E-state index contributed by atoms with van der Waals surface area (Å²) in [7, 11) is 0. The molecule has 0 aromatic carbocycles. The minimum Gasteiger partial charge on any atom is -0.396 e. The van der Waals surface area contributed by atoms with Crippen molar-refractivity contribution in [1.29, 1.82) is 0 Å². The van der Waals surface area contributed by atoms with Crippen molar-refractivity contribution in [3.63, 3.8) is 0 Å². The normalized spacial score (nSPS) is 37.1. The highest BCUT2D eigenvalue weighted by molar-refractivity contribution is 4.92. The summed E-state index contributed by atoms with van der Waals surface area (Å²) in [5.74, 6) is 0.530. The molecule has 0 saturated heterocycles. The van der Waals surface area contributed by atoms with Crippen LogP contribution in [0.25, 0.3) is 0 Å². The molecule has 98 valence electrons. The second kappa shape index (κ2) is 7.17. The van der Waals surface area contributed by atoms with Crippen molar-refractivity contribution in [2.45, 2.75) is 70.0 Å². The Kier molecular flexibility index (Phi) is 5.53. The van der Waals surface area contributed by atoms with Crippen LogP contribution >= 0.6 is 0 Å². The number of aliphatic hydroxyl groups is 1. The van der Waals surface area contributed by atoms with Crippen LogP contribution < -0.4 is 0 Å². The van der Waals surface area contributed by atoms with E-state index in [4.69, 9.17) is 9.84 Å². The Morgan fingerprint density at radius 2 is 1.82 bits per heavy atom. The molecule has 0 spiro atoms. The smallest absolute Gasteiger partial charge is 0.0759 e. The molecule has 2 heteroatoms. The fraction of sp³-hybridized carbons (Fsp3) is 0.867. The highest BCUT2D eigenvalue weighted by Gasteiger charge is 2.23. The van der Waals surface area contributed by atoms with Gasteiger partial charge in [0.05, 0.1) is 12.2 Å². The zero-order valence-electron chi connectivity index (χ0n) is 10.8. The van der Waals surface area contributed by atoms with Crippen LogP contribution in [0.1, 0.15) is 57.8 Å². The second-order valence-electron chi connectivity index (χ2n) is 5.57. The van der Waals surface area contributed by atoms with Gasteiger partial charge in [-0.1, -0.05) is 25.0 Å². The molecular formula is C15H26O2. The van der Waals surface area contributed by atoms with Crippen LogP contribution in [0, 0.1) is 5.92 Å². The monoisotopic (exact) mass is 238 g/mol. The first-order chi connectivity index (χ1) is 8.38. The molecule has 0 aromatic rings. The van der Waals surface area contributed by atoms with Gasteiger partial charge < -0.3 is 9.84 Å². The van der Waals surface area contributed by atoms with Crippen LogP contribution in [0.3, 0.4) is 0 Å². The first-order valence-corrected chi connectivity index (χ1v) is 7.31. The predicted octanol–water partition coefficient (Wildman–Crippen LogP) is 3.44. The van der Waals surface area contributed by atoms with E-state index in [0.29, 0.717) is 24.7 Å². The maximum Gasteiger partial charge on any atom is 0.0759 e. The predicted molar refractivity (Wildman–Crippen MR) is 69.9 cm³/mol. The maximum atomic E-state index is 9.12. The van der Waals surface area contributed by atoms with Gasteiger partial charge >= 0.3 is 0 Å². The molecule has 0 radical (unpaired) electrons. The van der Waals surface area contributed by atoms with Crippen molar-refractivity contribution in [2.75, 3.05) is 6.61 Å². The lowest BCUT2D eigenvalue weighted by Crippen LogP contribution is -2.27. The lowest BCUT2D eigenvalue weighted by Gasteiger charge is -2.30. The zero-order valence-corrected chi connectivity index (χ0v) is 10.8. The van der Waals surface area contributed by atoms with Crippen LogP contribution in [0.2, 0.25) is 0 Å². The van der Waals surface area contributed by atoms with E-state index in [-0.39, 0.29) is 0 Å². The molecule has 0 aliphatic heterocycles. The fourth-order valence-corrected chi connectivity index (χ4v) is 2.94. The molecule has 0 aromatic heterocycles. The molecule has 0 heterocycles. The Labute approximate surface area is 105 Å². The minimum atomic E-state index is 0.353. The summed E-state index contributed by atoms with van der Waals surface area (Å²) in [6, 6.07) is 0. The molecule has 1 unspecified atom stereocenters. The van der Waals surface area contributed by atoms with Gasteiger partial charge in [-0.3, -0.25) is 0 Å². The van der Waals surface area contributed by atoms with Crippen LogP contribution in [0.5, 0.6) is 0 Å². The van der Waals surface area contributed by atoms with Gasteiger partial charge in [-0.05, 0) is 50.9 Å². The molecular weight excluding hydrogens is 212 g/mol. The van der Waals surface area contributed by atoms with Gasteiger partial charge in [-0.25, -0.2) is 0 Å². The Balaban J connectivity index is 1.74. The van der Waals surface area contributed by atoms with Gasteiger partial charge in [0.25, 0.3) is 0 Å². The summed E-state index contributed by atoms with van der Waals surface area (Å²) < 4.78 is 6.19. The SMILES string of the molecule is OCC1CCC(OC2/C=C/CCCCC2)CC1. The van der Waals surface area contributed by atoms with Crippen molar-refractivity contribution in [3.8, 4) is 0 Å². The summed E-state index contributed by atoms with van der Waals surface area (Å²) >= 11 is 0. The Bertz CT molecular complexity index is 229. The number of hydrogen-bond donors (Lipinski definition) is 1. The number of allylic oxidation sites excluding steroid dienone is 1. The van der Waals surface area contributed by atoms with E-state index in [2.05, 4.69) is 12.2 Å². The molecule has 1 saturated carbocycles. The van der Waals surface area contributed by atoms with Crippen molar-refractivity contribution >= 4 is 0 Å². The van der Waals surface area contributed by atoms with E-state index in [1.165, 1.54) is 32.1 Å². The third kappa shape index (κ3) is 4.44. The highest BCUT2D eigenvalue weighted by Crippen LogP contribution is 2.28. The van der Waals surface area contributed by atoms with Gasteiger partial charge in [0.2, 0.25) is 0 Å². The zero-order chi connectivity index (χ0) is 11.9. The van der Waals surface area contributed by atoms with Gasteiger partial charge in [0, 0.05) is 6.61 Å². The van der Waals surface area contributed by atoms with E-state index in [9.17, 15) is 0 Å². The van der Waals surface area contributed by atoms with Crippen LogP contribution in [0.4, 0.5) is 0 Å². The molecule has 1 fully saturated rings. The summed E-state index contributed by atoms with van der Waals surface area (Å²) in [6.07, 6.45) is 16.3. The van der Waals surface area contributed by atoms with Gasteiger partial charge in [-0.2, -0.15) is 0 Å². The first-order valence-electron chi connectivity index (χ1n) is 7.31. The summed E-state index contributed by atoms with van der Waals surface area (Å²) in [6.45, 7) is 0.357. The average Bonchev–Trinajstić information content (AvgIpc) is 2.33. The highest BCUT2D eigenvalue weighted by atomic mass is 16.5. The van der Waals surface area contributed by atoms with E-state index >= 15 is 0 Å². The van der Waals surface area contributed by atoms with Crippen LogP contribution in [-0.2, 0) is 4.74 Å². The summed E-state index contributed by atoms with van der Waals surface area (Å²) in [4.78, 5) is 0. The first kappa shape index (κ1) is 13.1. The van der Waals surface area contributed by atoms with E-state index in [1.54, 1.807) is 0 Å². The van der Waals surface area contributed by atoms with E-state index in [1.807, 2.05) is 0 Å². The number of rotatable bonds is 3. The minimum absolute atomic E-state index is 0.353. The quantitative estimate of drug-likeness (QED) is 0.763. The molecule has 0 bridgehead atoms. The Hall–Kier alpha value is -0.340. The molecule has 2 aliphatic rings. The summed E-state index contributed by atoms with van der Waals surface area (Å²) in [5, 5.41) is 9.12. The second-order valence-corrected chi connectivity index (χ2v) is 5.57. The lowest BCUT2D eigenvalue weighted by molar-refractivity contribution is -0.0237. The van der Waals surface area contributed by atoms with Crippen molar-refractivity contribution in [2.24, 2.45) is 5.92 Å². The molecule has 2 rings (SSSR count). The molecule has 2 aliphatic carbocycles. The van der Waals surface area contributed by atoms with Gasteiger partial charge in [-0.15, -0.1) is 0 Å². The van der Waals surface area contributed by atoms with Crippen LogP contribution in [-0.4, -0.2) is 23.9 Å². The van der Waals surface area contributed by atoms with Crippen molar-refractivity contribution in [1.82, 2.24) is 0 Å². The molecule has 1 atom stereocenters. The van der Waals surface area contributed by atoms with Gasteiger partial charge in [0.1, 0.15) is 0 Å². The van der Waals surface area contributed by atoms with Gasteiger partial charge in [0.15, 0.2) is 0 Å². The maximum absolute atomic E-state index is 9.12. The number of ether oxygens (including phenoxy) is 1. The molecule has 0 amide bonds. The lowest BCUT2D eigenvalue weighted by atomic mass is 9.88. The topological polar surface area (TPSA) is 29.5 Å². The number of aliphatic hydroxyl groups excluding tert-OH is 1.